The number of ether oxygens (including phenoxy) is 1. The summed E-state index contributed by atoms with van der Waals surface area (Å²) in [6.45, 7) is 4.95. The molecule has 5 nitrogen and oxygen atoms in total. The summed E-state index contributed by atoms with van der Waals surface area (Å²) in [6, 6.07) is 4.90. The summed E-state index contributed by atoms with van der Waals surface area (Å²) < 4.78 is 5.44. The molecule has 0 saturated heterocycles. The van der Waals surface area contributed by atoms with E-state index in [1.54, 1.807) is 19.1 Å². The number of anilines is 1. The van der Waals surface area contributed by atoms with Crippen LogP contribution in [0.15, 0.2) is 18.2 Å². The molecule has 0 atom stereocenters. The summed E-state index contributed by atoms with van der Waals surface area (Å²) in [5.41, 5.74) is 1.20. The van der Waals surface area contributed by atoms with E-state index < -0.39 is 5.97 Å². The zero-order valence-electron chi connectivity index (χ0n) is 13.9. The number of benzene rings is 1. The van der Waals surface area contributed by atoms with E-state index in [0.29, 0.717) is 24.5 Å². The van der Waals surface area contributed by atoms with Gasteiger partial charge in [0.25, 0.3) is 0 Å². The summed E-state index contributed by atoms with van der Waals surface area (Å²) in [4.78, 5) is 23.8. The van der Waals surface area contributed by atoms with Crippen LogP contribution >= 0.6 is 0 Å². The Morgan fingerprint density at radius 3 is 2.57 bits per heavy atom. The lowest BCUT2D eigenvalue weighted by atomic mass is 9.82. The second-order valence-corrected chi connectivity index (χ2v) is 6.22. The molecule has 0 unspecified atom stereocenters. The third-order valence-electron chi connectivity index (χ3n) is 4.69. The van der Waals surface area contributed by atoms with Crippen LogP contribution in [-0.2, 0) is 9.53 Å². The Labute approximate surface area is 137 Å². The largest absolute Gasteiger partial charge is 0.478 e. The Hall–Kier alpha value is -1.88. The number of rotatable bonds is 7. The van der Waals surface area contributed by atoms with Gasteiger partial charge in [-0.1, -0.05) is 12.8 Å². The molecule has 0 aromatic heterocycles. The van der Waals surface area contributed by atoms with Crippen molar-refractivity contribution >= 4 is 17.6 Å². The average molecular weight is 319 g/mol. The first-order chi connectivity index (χ1) is 11.0. The van der Waals surface area contributed by atoms with Crippen molar-refractivity contribution in [2.45, 2.75) is 46.0 Å². The van der Waals surface area contributed by atoms with E-state index in [1.165, 1.54) is 6.07 Å². The number of amides is 1. The fourth-order valence-electron chi connectivity index (χ4n) is 3.30. The van der Waals surface area contributed by atoms with Crippen LogP contribution in [-0.4, -0.2) is 30.2 Å². The van der Waals surface area contributed by atoms with Crippen LogP contribution in [0.25, 0.3) is 0 Å². The minimum atomic E-state index is -0.954. The Bertz CT molecular complexity index is 576. The fraction of sp³-hybridized carbons (Fsp3) is 0.556. The molecule has 1 fully saturated rings. The Balaban J connectivity index is 2.09. The van der Waals surface area contributed by atoms with E-state index in [9.17, 15) is 9.59 Å². The second kappa shape index (κ2) is 7.59. The number of aromatic carboxylic acids is 1. The Kier molecular flexibility index (Phi) is 5.77. The maximum absolute atomic E-state index is 12.8. The standard InChI is InChI=1S/C18H25NO4/c1-3-23-11-10-18(8-4-5-9-18)17(22)19-14-6-7-15(16(20)21)13(2)12-14/h6-7,12H,3-5,8-11H2,1-2H3,(H,19,22)(H,20,21). The SMILES string of the molecule is CCOCCC1(C(=O)Nc2ccc(C(=O)O)c(C)c2)CCCC1. The molecule has 0 radical (unpaired) electrons. The van der Waals surface area contributed by atoms with Crippen molar-refractivity contribution in [1.82, 2.24) is 0 Å². The van der Waals surface area contributed by atoms with Gasteiger partial charge >= 0.3 is 5.97 Å². The molecule has 1 amide bonds. The van der Waals surface area contributed by atoms with Gasteiger partial charge in [0.1, 0.15) is 0 Å². The molecular formula is C18H25NO4. The zero-order chi connectivity index (χ0) is 16.9. The third kappa shape index (κ3) is 4.10. The molecule has 0 spiro atoms. The van der Waals surface area contributed by atoms with E-state index in [1.807, 2.05) is 6.92 Å². The number of hydrogen-bond acceptors (Lipinski definition) is 3. The lowest BCUT2D eigenvalue weighted by molar-refractivity contribution is -0.126. The molecule has 0 bridgehead atoms. The summed E-state index contributed by atoms with van der Waals surface area (Å²) in [6.07, 6.45) is 4.64. The van der Waals surface area contributed by atoms with Crippen LogP contribution in [0.3, 0.4) is 0 Å². The maximum atomic E-state index is 12.8. The molecule has 1 aromatic rings. The van der Waals surface area contributed by atoms with Crippen molar-refractivity contribution < 1.29 is 19.4 Å². The van der Waals surface area contributed by atoms with Gasteiger partial charge in [0.15, 0.2) is 0 Å². The van der Waals surface area contributed by atoms with E-state index in [2.05, 4.69) is 5.32 Å². The van der Waals surface area contributed by atoms with Gasteiger partial charge in [0.2, 0.25) is 5.91 Å². The number of aryl methyl sites for hydroxylation is 1. The molecule has 2 N–H and O–H groups in total. The Morgan fingerprint density at radius 1 is 1.30 bits per heavy atom. The monoisotopic (exact) mass is 319 g/mol. The molecule has 1 aliphatic carbocycles. The van der Waals surface area contributed by atoms with Crippen molar-refractivity contribution in [3.05, 3.63) is 29.3 Å². The van der Waals surface area contributed by atoms with Crippen LogP contribution in [0.4, 0.5) is 5.69 Å². The summed E-state index contributed by atoms with van der Waals surface area (Å²) >= 11 is 0. The lowest BCUT2D eigenvalue weighted by Crippen LogP contribution is -2.35. The number of carbonyl (C=O) groups excluding carboxylic acids is 1. The molecule has 23 heavy (non-hydrogen) atoms. The highest BCUT2D eigenvalue weighted by Gasteiger charge is 2.40. The van der Waals surface area contributed by atoms with Crippen LogP contribution in [0.2, 0.25) is 0 Å². The van der Waals surface area contributed by atoms with E-state index >= 15 is 0 Å². The molecule has 5 heteroatoms. The summed E-state index contributed by atoms with van der Waals surface area (Å²) in [5.74, 6) is -0.929. The molecular weight excluding hydrogens is 294 g/mol. The molecule has 0 aliphatic heterocycles. The van der Waals surface area contributed by atoms with Crippen molar-refractivity contribution in [3.8, 4) is 0 Å². The van der Waals surface area contributed by atoms with Gasteiger partial charge < -0.3 is 15.2 Å². The predicted molar refractivity (Wildman–Crippen MR) is 88.8 cm³/mol. The topological polar surface area (TPSA) is 75.6 Å². The smallest absolute Gasteiger partial charge is 0.335 e. The molecule has 0 heterocycles. The highest BCUT2D eigenvalue weighted by atomic mass is 16.5. The van der Waals surface area contributed by atoms with Gasteiger partial charge in [0.05, 0.1) is 11.0 Å². The average Bonchev–Trinajstić information content (AvgIpc) is 2.97. The summed E-state index contributed by atoms with van der Waals surface area (Å²) in [7, 11) is 0. The fourth-order valence-corrected chi connectivity index (χ4v) is 3.30. The second-order valence-electron chi connectivity index (χ2n) is 6.22. The number of nitrogens with one attached hydrogen (secondary N) is 1. The van der Waals surface area contributed by atoms with Crippen molar-refractivity contribution in [3.63, 3.8) is 0 Å². The van der Waals surface area contributed by atoms with Gasteiger partial charge in [-0.05, 0) is 56.9 Å². The molecule has 2 rings (SSSR count). The van der Waals surface area contributed by atoms with Crippen molar-refractivity contribution in [2.75, 3.05) is 18.5 Å². The van der Waals surface area contributed by atoms with Gasteiger partial charge in [-0.2, -0.15) is 0 Å². The van der Waals surface area contributed by atoms with E-state index in [0.717, 1.165) is 32.1 Å². The van der Waals surface area contributed by atoms with Crippen LogP contribution in [0, 0.1) is 12.3 Å². The number of hydrogen-bond donors (Lipinski definition) is 2. The van der Waals surface area contributed by atoms with Gasteiger partial charge in [-0.3, -0.25) is 4.79 Å². The molecule has 1 aliphatic rings. The first-order valence-electron chi connectivity index (χ1n) is 8.22. The number of carboxylic acid groups (broad SMARTS) is 1. The first kappa shape index (κ1) is 17.5. The maximum Gasteiger partial charge on any atom is 0.335 e. The van der Waals surface area contributed by atoms with Gasteiger partial charge in [-0.15, -0.1) is 0 Å². The summed E-state index contributed by atoms with van der Waals surface area (Å²) in [5, 5.41) is 12.0. The number of carbonyl (C=O) groups is 2. The highest BCUT2D eigenvalue weighted by molar-refractivity contribution is 5.96. The van der Waals surface area contributed by atoms with Gasteiger partial charge in [0, 0.05) is 18.9 Å². The normalized spacial score (nSPS) is 16.3. The van der Waals surface area contributed by atoms with Crippen LogP contribution in [0.1, 0.15) is 54.9 Å². The van der Waals surface area contributed by atoms with Crippen LogP contribution < -0.4 is 5.32 Å². The van der Waals surface area contributed by atoms with Crippen molar-refractivity contribution in [2.24, 2.45) is 5.41 Å². The van der Waals surface area contributed by atoms with Gasteiger partial charge in [-0.25, -0.2) is 4.79 Å². The minimum absolute atomic E-state index is 0.0252. The van der Waals surface area contributed by atoms with E-state index in [-0.39, 0.29) is 16.9 Å². The highest BCUT2D eigenvalue weighted by Crippen LogP contribution is 2.42. The van der Waals surface area contributed by atoms with E-state index in [4.69, 9.17) is 9.84 Å². The number of carboxylic acids is 1. The predicted octanol–water partition coefficient (Wildman–Crippen LogP) is 3.62. The third-order valence-corrected chi connectivity index (χ3v) is 4.69. The molecule has 1 saturated carbocycles. The quantitative estimate of drug-likeness (QED) is 0.753. The molecule has 126 valence electrons. The molecule has 1 aromatic carbocycles. The zero-order valence-corrected chi connectivity index (χ0v) is 13.9. The minimum Gasteiger partial charge on any atom is -0.478 e. The first-order valence-corrected chi connectivity index (χ1v) is 8.22. The van der Waals surface area contributed by atoms with Crippen molar-refractivity contribution in [1.29, 1.82) is 0 Å². The van der Waals surface area contributed by atoms with Crippen LogP contribution in [0.5, 0.6) is 0 Å². The Morgan fingerprint density at radius 2 is 2.00 bits per heavy atom. The lowest BCUT2D eigenvalue weighted by Gasteiger charge is -2.27.